The molecule has 0 fully saturated rings. The number of hydrogen-bond donors (Lipinski definition) is 2. The van der Waals surface area contributed by atoms with Crippen LogP contribution < -0.4 is 10.6 Å². The summed E-state index contributed by atoms with van der Waals surface area (Å²) in [6.45, 7) is 0.649. The van der Waals surface area contributed by atoms with E-state index in [0.717, 1.165) is 23.1 Å². The molecule has 0 radical (unpaired) electrons. The van der Waals surface area contributed by atoms with Gasteiger partial charge in [0.25, 0.3) is 0 Å². The summed E-state index contributed by atoms with van der Waals surface area (Å²) in [6.07, 6.45) is 4.86. The Morgan fingerprint density at radius 2 is 2.30 bits per heavy atom. The molecule has 2 aromatic heterocycles. The standard InChI is InChI=1S/C12H13BrN6O/c13-8-1-3-10(14-5-8)18-12(20)17-9-2-4-11-15-7-16-19(11)6-9/h1,3,5,7,9H,2,4,6H2,(H2,14,17,18,20). The molecule has 1 unspecified atom stereocenters. The van der Waals surface area contributed by atoms with Crippen LogP contribution >= 0.6 is 15.9 Å². The van der Waals surface area contributed by atoms with Crippen molar-refractivity contribution in [1.82, 2.24) is 25.1 Å². The highest BCUT2D eigenvalue weighted by Crippen LogP contribution is 2.12. The second-order valence-corrected chi connectivity index (χ2v) is 5.47. The number of carbonyl (C=O) groups is 1. The first-order chi connectivity index (χ1) is 9.70. The van der Waals surface area contributed by atoms with Crippen molar-refractivity contribution in [2.75, 3.05) is 5.32 Å². The monoisotopic (exact) mass is 336 g/mol. The Kier molecular flexibility index (Phi) is 3.64. The number of pyridine rings is 1. The van der Waals surface area contributed by atoms with Crippen molar-refractivity contribution in [3.8, 4) is 0 Å². The average Bonchev–Trinajstić information content (AvgIpc) is 2.89. The molecule has 2 N–H and O–H groups in total. The molecule has 0 saturated carbocycles. The van der Waals surface area contributed by atoms with Crippen molar-refractivity contribution < 1.29 is 4.79 Å². The molecule has 104 valence electrons. The average molecular weight is 337 g/mol. The molecule has 2 aromatic rings. The first-order valence-electron chi connectivity index (χ1n) is 6.26. The Bertz CT molecular complexity index is 611. The molecule has 0 bridgehead atoms. The molecule has 0 aromatic carbocycles. The Hall–Kier alpha value is -1.96. The van der Waals surface area contributed by atoms with Gasteiger partial charge in [-0.1, -0.05) is 0 Å². The van der Waals surface area contributed by atoms with Crippen LogP contribution in [0.4, 0.5) is 10.6 Å². The number of nitrogens with one attached hydrogen (secondary N) is 2. The minimum atomic E-state index is -0.256. The van der Waals surface area contributed by atoms with E-state index in [9.17, 15) is 4.79 Å². The number of anilines is 1. The van der Waals surface area contributed by atoms with Gasteiger partial charge in [-0.25, -0.2) is 19.4 Å². The number of aromatic nitrogens is 4. The zero-order valence-corrected chi connectivity index (χ0v) is 12.2. The summed E-state index contributed by atoms with van der Waals surface area (Å²) in [5.74, 6) is 1.49. The van der Waals surface area contributed by atoms with E-state index in [0.29, 0.717) is 12.4 Å². The molecule has 7 nitrogen and oxygen atoms in total. The second kappa shape index (κ2) is 5.58. The number of halogens is 1. The number of amides is 2. The third-order valence-corrected chi connectivity index (χ3v) is 3.58. The quantitative estimate of drug-likeness (QED) is 0.871. The van der Waals surface area contributed by atoms with E-state index < -0.39 is 0 Å². The van der Waals surface area contributed by atoms with Gasteiger partial charge < -0.3 is 5.32 Å². The summed E-state index contributed by atoms with van der Waals surface area (Å²) in [7, 11) is 0. The third kappa shape index (κ3) is 2.96. The van der Waals surface area contributed by atoms with Gasteiger partial charge in [0.2, 0.25) is 0 Å². The summed E-state index contributed by atoms with van der Waals surface area (Å²) < 4.78 is 2.70. The molecule has 0 spiro atoms. The predicted molar refractivity (Wildman–Crippen MR) is 76.2 cm³/mol. The molecule has 3 heterocycles. The summed E-state index contributed by atoms with van der Waals surface area (Å²) in [4.78, 5) is 20.1. The SMILES string of the molecule is O=C(Nc1ccc(Br)cn1)NC1CCc2ncnn2C1. The number of rotatable bonds is 2. The molecule has 8 heteroatoms. The van der Waals surface area contributed by atoms with Gasteiger partial charge in [-0.3, -0.25) is 5.32 Å². The van der Waals surface area contributed by atoms with Crippen LogP contribution in [0.2, 0.25) is 0 Å². The molecule has 3 rings (SSSR count). The molecule has 20 heavy (non-hydrogen) atoms. The Morgan fingerprint density at radius 3 is 3.10 bits per heavy atom. The van der Waals surface area contributed by atoms with Gasteiger partial charge in [0.15, 0.2) is 0 Å². The smallest absolute Gasteiger partial charge is 0.320 e. The molecular formula is C12H13BrN6O. The minimum absolute atomic E-state index is 0.0552. The zero-order chi connectivity index (χ0) is 13.9. The zero-order valence-electron chi connectivity index (χ0n) is 10.6. The van der Waals surface area contributed by atoms with Crippen LogP contribution in [0.15, 0.2) is 29.1 Å². The first-order valence-corrected chi connectivity index (χ1v) is 7.06. The van der Waals surface area contributed by atoms with Crippen molar-refractivity contribution in [1.29, 1.82) is 0 Å². The lowest BCUT2D eigenvalue weighted by Crippen LogP contribution is -2.43. The van der Waals surface area contributed by atoms with Crippen molar-refractivity contribution in [2.24, 2.45) is 0 Å². The fourth-order valence-electron chi connectivity index (χ4n) is 2.14. The van der Waals surface area contributed by atoms with Gasteiger partial charge in [-0.2, -0.15) is 5.10 Å². The first kappa shape index (κ1) is 13.0. The largest absolute Gasteiger partial charge is 0.333 e. The number of carbonyl (C=O) groups excluding carboxylic acids is 1. The van der Waals surface area contributed by atoms with Crippen LogP contribution in [0.5, 0.6) is 0 Å². The van der Waals surface area contributed by atoms with Crippen molar-refractivity contribution in [3.63, 3.8) is 0 Å². The maximum absolute atomic E-state index is 11.9. The van der Waals surface area contributed by atoms with Gasteiger partial charge >= 0.3 is 6.03 Å². The molecule has 0 saturated heterocycles. The molecule has 2 amide bonds. The van der Waals surface area contributed by atoms with Crippen molar-refractivity contribution in [2.45, 2.75) is 25.4 Å². The van der Waals surface area contributed by atoms with Crippen LogP contribution in [0.1, 0.15) is 12.2 Å². The highest BCUT2D eigenvalue weighted by Gasteiger charge is 2.21. The van der Waals surface area contributed by atoms with E-state index in [1.54, 1.807) is 18.6 Å². The van der Waals surface area contributed by atoms with Gasteiger partial charge in [0.05, 0.1) is 12.6 Å². The lowest BCUT2D eigenvalue weighted by molar-refractivity contribution is 0.243. The van der Waals surface area contributed by atoms with Gasteiger partial charge in [-0.15, -0.1) is 0 Å². The highest BCUT2D eigenvalue weighted by molar-refractivity contribution is 9.10. The fourth-order valence-corrected chi connectivity index (χ4v) is 2.38. The van der Waals surface area contributed by atoms with E-state index in [4.69, 9.17) is 0 Å². The maximum atomic E-state index is 11.9. The lowest BCUT2D eigenvalue weighted by Gasteiger charge is -2.23. The normalized spacial score (nSPS) is 17.4. The van der Waals surface area contributed by atoms with Crippen LogP contribution in [-0.4, -0.2) is 31.8 Å². The number of hydrogen-bond acceptors (Lipinski definition) is 4. The van der Waals surface area contributed by atoms with Gasteiger partial charge in [0.1, 0.15) is 18.0 Å². The van der Waals surface area contributed by atoms with E-state index in [1.807, 2.05) is 10.7 Å². The Morgan fingerprint density at radius 1 is 1.40 bits per heavy atom. The number of urea groups is 1. The van der Waals surface area contributed by atoms with E-state index in [1.165, 1.54) is 0 Å². The molecule has 1 aliphatic heterocycles. The highest BCUT2D eigenvalue weighted by atomic mass is 79.9. The van der Waals surface area contributed by atoms with Crippen LogP contribution in [0, 0.1) is 0 Å². The number of nitrogens with zero attached hydrogens (tertiary/aromatic N) is 4. The summed E-state index contributed by atoms with van der Waals surface area (Å²) in [6, 6.07) is 3.36. The Labute approximate surface area is 123 Å². The van der Waals surface area contributed by atoms with Crippen LogP contribution in [-0.2, 0) is 13.0 Å². The molecular weight excluding hydrogens is 324 g/mol. The fraction of sp³-hybridized carbons (Fsp3) is 0.333. The second-order valence-electron chi connectivity index (χ2n) is 4.55. The van der Waals surface area contributed by atoms with E-state index >= 15 is 0 Å². The third-order valence-electron chi connectivity index (χ3n) is 3.11. The van der Waals surface area contributed by atoms with Crippen molar-refractivity contribution >= 4 is 27.8 Å². The van der Waals surface area contributed by atoms with E-state index in [-0.39, 0.29) is 12.1 Å². The number of aryl methyl sites for hydroxylation is 1. The molecule has 0 aliphatic carbocycles. The number of fused-ring (bicyclic) bond motifs is 1. The summed E-state index contributed by atoms with van der Waals surface area (Å²) in [5.41, 5.74) is 0. The van der Waals surface area contributed by atoms with Crippen molar-refractivity contribution in [3.05, 3.63) is 35.0 Å². The topological polar surface area (TPSA) is 84.7 Å². The van der Waals surface area contributed by atoms with Crippen LogP contribution in [0.3, 0.4) is 0 Å². The van der Waals surface area contributed by atoms with E-state index in [2.05, 4.69) is 41.6 Å². The van der Waals surface area contributed by atoms with Crippen LogP contribution in [0.25, 0.3) is 0 Å². The predicted octanol–water partition coefficient (Wildman–Crippen LogP) is 1.57. The summed E-state index contributed by atoms with van der Waals surface area (Å²) >= 11 is 3.30. The van der Waals surface area contributed by atoms with Gasteiger partial charge in [-0.05, 0) is 34.5 Å². The lowest BCUT2D eigenvalue weighted by atomic mass is 10.1. The summed E-state index contributed by atoms with van der Waals surface area (Å²) in [5, 5.41) is 9.75. The molecule has 1 atom stereocenters. The maximum Gasteiger partial charge on any atom is 0.320 e. The molecule has 1 aliphatic rings. The Balaban J connectivity index is 1.56. The van der Waals surface area contributed by atoms with Gasteiger partial charge in [0, 0.05) is 17.1 Å². The minimum Gasteiger partial charge on any atom is -0.333 e.